The van der Waals surface area contributed by atoms with Crippen LogP contribution in [0, 0.1) is 0 Å². The SMILES string of the molecule is O=C(Cn1ccc2c(Cl)cccc21)Nc1cccc2[nH]ccc12. The first kappa shape index (κ1) is 13.9. The Kier molecular flexibility index (Phi) is 3.32. The summed E-state index contributed by atoms with van der Waals surface area (Å²) in [5.74, 6) is -0.0730. The highest BCUT2D eigenvalue weighted by molar-refractivity contribution is 6.35. The Bertz CT molecular complexity index is 1020. The van der Waals surface area contributed by atoms with Crippen LogP contribution in [0.15, 0.2) is 60.9 Å². The Balaban J connectivity index is 1.60. The lowest BCUT2D eigenvalue weighted by Gasteiger charge is -2.08. The molecule has 0 aliphatic rings. The molecular formula is C18H14ClN3O. The second-order valence-electron chi connectivity index (χ2n) is 5.41. The topological polar surface area (TPSA) is 49.8 Å². The summed E-state index contributed by atoms with van der Waals surface area (Å²) in [6.45, 7) is 0.241. The predicted octanol–water partition coefficient (Wildman–Crippen LogP) is 4.41. The van der Waals surface area contributed by atoms with E-state index >= 15 is 0 Å². The molecule has 1 amide bonds. The zero-order chi connectivity index (χ0) is 15.8. The van der Waals surface area contributed by atoms with E-state index in [-0.39, 0.29) is 12.5 Å². The number of H-pyrrole nitrogens is 1. The van der Waals surface area contributed by atoms with Crippen molar-refractivity contribution in [2.75, 3.05) is 5.32 Å². The Morgan fingerprint density at radius 1 is 1.09 bits per heavy atom. The normalized spacial score (nSPS) is 11.2. The van der Waals surface area contributed by atoms with E-state index < -0.39 is 0 Å². The van der Waals surface area contributed by atoms with Crippen LogP contribution in [0.2, 0.25) is 5.02 Å². The van der Waals surface area contributed by atoms with E-state index in [1.807, 2.05) is 65.5 Å². The Morgan fingerprint density at radius 3 is 2.87 bits per heavy atom. The zero-order valence-electron chi connectivity index (χ0n) is 12.2. The maximum Gasteiger partial charge on any atom is 0.244 e. The van der Waals surface area contributed by atoms with E-state index in [4.69, 9.17) is 11.6 Å². The largest absolute Gasteiger partial charge is 0.361 e. The lowest BCUT2D eigenvalue weighted by molar-refractivity contribution is -0.116. The molecule has 0 aliphatic carbocycles. The van der Waals surface area contributed by atoms with Crippen LogP contribution in [0.5, 0.6) is 0 Å². The van der Waals surface area contributed by atoms with Gasteiger partial charge in [0.2, 0.25) is 5.91 Å². The van der Waals surface area contributed by atoms with Gasteiger partial charge in [0.25, 0.3) is 0 Å². The molecule has 2 aromatic heterocycles. The van der Waals surface area contributed by atoms with Crippen LogP contribution in [-0.4, -0.2) is 15.5 Å². The average Bonchev–Trinajstić information content (AvgIpc) is 3.16. The summed E-state index contributed by atoms with van der Waals surface area (Å²) in [6.07, 6.45) is 3.74. The highest BCUT2D eigenvalue weighted by Gasteiger charge is 2.10. The summed E-state index contributed by atoms with van der Waals surface area (Å²) in [5, 5.41) is 5.62. The van der Waals surface area contributed by atoms with Gasteiger partial charge < -0.3 is 14.9 Å². The molecule has 4 aromatic rings. The number of fused-ring (bicyclic) bond motifs is 2. The fourth-order valence-electron chi connectivity index (χ4n) is 2.86. The number of nitrogens with zero attached hydrogens (tertiary/aromatic N) is 1. The van der Waals surface area contributed by atoms with Gasteiger partial charge in [0.1, 0.15) is 6.54 Å². The average molecular weight is 324 g/mol. The van der Waals surface area contributed by atoms with Crippen LogP contribution in [0.3, 0.4) is 0 Å². The first-order valence-corrected chi connectivity index (χ1v) is 7.69. The van der Waals surface area contributed by atoms with Crippen LogP contribution in [0.25, 0.3) is 21.8 Å². The van der Waals surface area contributed by atoms with Crippen LogP contribution in [-0.2, 0) is 11.3 Å². The quantitative estimate of drug-likeness (QED) is 0.576. The summed E-state index contributed by atoms with van der Waals surface area (Å²) in [5.41, 5.74) is 2.76. The second-order valence-corrected chi connectivity index (χ2v) is 5.82. The van der Waals surface area contributed by atoms with Gasteiger partial charge in [0.05, 0.1) is 5.69 Å². The number of nitrogens with one attached hydrogen (secondary N) is 2. The molecule has 0 atom stereocenters. The number of hydrogen-bond acceptors (Lipinski definition) is 1. The van der Waals surface area contributed by atoms with Crippen molar-refractivity contribution in [3.05, 3.63) is 65.9 Å². The zero-order valence-corrected chi connectivity index (χ0v) is 13.0. The number of carbonyl (C=O) groups is 1. The molecule has 0 bridgehead atoms. The minimum absolute atomic E-state index is 0.0730. The Morgan fingerprint density at radius 2 is 1.96 bits per heavy atom. The van der Waals surface area contributed by atoms with Gasteiger partial charge in [-0.1, -0.05) is 23.7 Å². The molecular weight excluding hydrogens is 310 g/mol. The molecule has 0 aliphatic heterocycles. The maximum atomic E-state index is 12.4. The highest BCUT2D eigenvalue weighted by Crippen LogP contribution is 2.25. The van der Waals surface area contributed by atoms with Gasteiger partial charge in [0, 0.05) is 39.2 Å². The first-order valence-electron chi connectivity index (χ1n) is 7.32. The van der Waals surface area contributed by atoms with Gasteiger partial charge >= 0.3 is 0 Å². The Hall–Kier alpha value is -2.72. The van der Waals surface area contributed by atoms with Gasteiger partial charge in [0.15, 0.2) is 0 Å². The van der Waals surface area contributed by atoms with Crippen molar-refractivity contribution in [3.8, 4) is 0 Å². The van der Waals surface area contributed by atoms with Crippen LogP contribution in [0.1, 0.15) is 0 Å². The fourth-order valence-corrected chi connectivity index (χ4v) is 3.10. The van der Waals surface area contributed by atoms with E-state index in [1.165, 1.54) is 0 Å². The summed E-state index contributed by atoms with van der Waals surface area (Å²) in [6, 6.07) is 15.4. The molecule has 0 saturated heterocycles. The van der Waals surface area contributed by atoms with Crippen LogP contribution < -0.4 is 5.32 Å². The third-order valence-electron chi connectivity index (χ3n) is 3.94. The third-order valence-corrected chi connectivity index (χ3v) is 4.27. The molecule has 0 saturated carbocycles. The summed E-state index contributed by atoms with van der Waals surface area (Å²) >= 11 is 6.17. The van der Waals surface area contributed by atoms with Crippen molar-refractivity contribution in [2.45, 2.75) is 6.54 Å². The molecule has 23 heavy (non-hydrogen) atoms. The van der Waals surface area contributed by atoms with Crippen molar-refractivity contribution >= 4 is 45.0 Å². The van der Waals surface area contributed by atoms with E-state index in [1.54, 1.807) is 0 Å². The summed E-state index contributed by atoms with van der Waals surface area (Å²) in [7, 11) is 0. The number of aromatic nitrogens is 2. The first-order chi connectivity index (χ1) is 11.2. The van der Waals surface area contributed by atoms with E-state index in [0.717, 1.165) is 27.5 Å². The number of carbonyl (C=O) groups excluding carboxylic acids is 1. The molecule has 2 heterocycles. The molecule has 5 heteroatoms. The van der Waals surface area contributed by atoms with E-state index in [2.05, 4.69) is 10.3 Å². The Labute approximate surface area is 137 Å². The van der Waals surface area contributed by atoms with Crippen molar-refractivity contribution in [3.63, 3.8) is 0 Å². The molecule has 2 aromatic carbocycles. The molecule has 114 valence electrons. The molecule has 0 fully saturated rings. The van der Waals surface area contributed by atoms with Crippen LogP contribution in [0.4, 0.5) is 5.69 Å². The summed E-state index contributed by atoms with van der Waals surface area (Å²) < 4.78 is 1.90. The number of anilines is 1. The number of halogens is 1. The molecule has 0 radical (unpaired) electrons. The number of hydrogen-bond donors (Lipinski definition) is 2. The highest BCUT2D eigenvalue weighted by atomic mass is 35.5. The van der Waals surface area contributed by atoms with Crippen molar-refractivity contribution < 1.29 is 4.79 Å². The number of aromatic amines is 1. The van der Waals surface area contributed by atoms with E-state index in [0.29, 0.717) is 5.02 Å². The third kappa shape index (κ3) is 2.47. The van der Waals surface area contributed by atoms with Crippen molar-refractivity contribution in [2.24, 2.45) is 0 Å². The monoisotopic (exact) mass is 323 g/mol. The predicted molar refractivity (Wildman–Crippen MR) is 93.9 cm³/mol. The molecule has 2 N–H and O–H groups in total. The smallest absolute Gasteiger partial charge is 0.244 e. The molecule has 0 spiro atoms. The number of benzene rings is 2. The van der Waals surface area contributed by atoms with Gasteiger partial charge in [-0.25, -0.2) is 0 Å². The minimum Gasteiger partial charge on any atom is -0.361 e. The van der Waals surface area contributed by atoms with E-state index in [9.17, 15) is 4.79 Å². The van der Waals surface area contributed by atoms with Crippen molar-refractivity contribution in [1.82, 2.24) is 9.55 Å². The van der Waals surface area contributed by atoms with Gasteiger partial charge in [-0.2, -0.15) is 0 Å². The van der Waals surface area contributed by atoms with Gasteiger partial charge in [-0.05, 0) is 36.4 Å². The standard InChI is InChI=1S/C18H14ClN3O/c19-14-3-1-6-17-12(14)8-10-22(17)11-18(23)21-16-5-2-4-15-13(16)7-9-20-15/h1-10,20H,11H2,(H,21,23). The van der Waals surface area contributed by atoms with Crippen molar-refractivity contribution in [1.29, 1.82) is 0 Å². The molecule has 4 nitrogen and oxygen atoms in total. The van der Waals surface area contributed by atoms with Gasteiger partial charge in [-0.3, -0.25) is 4.79 Å². The number of amides is 1. The molecule has 0 unspecified atom stereocenters. The maximum absolute atomic E-state index is 12.4. The fraction of sp³-hybridized carbons (Fsp3) is 0.0556. The number of rotatable bonds is 3. The molecule has 4 rings (SSSR count). The lowest BCUT2D eigenvalue weighted by atomic mass is 10.2. The minimum atomic E-state index is -0.0730. The van der Waals surface area contributed by atoms with Gasteiger partial charge in [-0.15, -0.1) is 0 Å². The lowest BCUT2D eigenvalue weighted by Crippen LogP contribution is -2.18. The van der Waals surface area contributed by atoms with Crippen LogP contribution >= 0.6 is 11.6 Å². The summed E-state index contributed by atoms with van der Waals surface area (Å²) in [4.78, 5) is 15.5. The second kappa shape index (κ2) is 5.48.